The second kappa shape index (κ2) is 5.89. The van der Waals surface area contributed by atoms with Gasteiger partial charge in [-0.05, 0) is 35.9 Å². The number of anilines is 2. The third-order valence-electron chi connectivity index (χ3n) is 3.66. The van der Waals surface area contributed by atoms with E-state index in [0.29, 0.717) is 17.7 Å². The first-order chi connectivity index (χ1) is 10.7. The lowest BCUT2D eigenvalue weighted by Crippen LogP contribution is -2.32. The molecule has 22 heavy (non-hydrogen) atoms. The molecule has 2 aromatic rings. The van der Waals surface area contributed by atoms with E-state index in [1.807, 2.05) is 24.3 Å². The van der Waals surface area contributed by atoms with Gasteiger partial charge in [0.1, 0.15) is 6.04 Å². The molecule has 0 saturated heterocycles. The van der Waals surface area contributed by atoms with E-state index >= 15 is 0 Å². The second-order valence-electron chi connectivity index (χ2n) is 5.12. The van der Waals surface area contributed by atoms with Gasteiger partial charge < -0.3 is 15.4 Å². The predicted octanol–water partition coefficient (Wildman–Crippen LogP) is 2.45. The molecule has 2 N–H and O–H groups in total. The van der Waals surface area contributed by atoms with Crippen LogP contribution in [0.2, 0.25) is 0 Å². The van der Waals surface area contributed by atoms with Crippen LogP contribution < -0.4 is 10.6 Å². The molecular formula is C17H16N2O3. The van der Waals surface area contributed by atoms with E-state index in [4.69, 9.17) is 0 Å². The van der Waals surface area contributed by atoms with Gasteiger partial charge in [-0.25, -0.2) is 4.79 Å². The number of nitrogens with one attached hydrogen (secondary N) is 2. The number of amides is 1. The normalized spacial score (nSPS) is 15.6. The van der Waals surface area contributed by atoms with Crippen molar-refractivity contribution in [1.29, 1.82) is 0 Å². The summed E-state index contributed by atoms with van der Waals surface area (Å²) in [5.74, 6) is -0.493. The molecule has 1 unspecified atom stereocenters. The van der Waals surface area contributed by atoms with Gasteiger partial charge in [0.15, 0.2) is 0 Å². The van der Waals surface area contributed by atoms with Gasteiger partial charge >= 0.3 is 5.97 Å². The van der Waals surface area contributed by atoms with E-state index in [0.717, 1.165) is 11.3 Å². The molecule has 1 atom stereocenters. The predicted molar refractivity (Wildman–Crippen MR) is 84.0 cm³/mol. The summed E-state index contributed by atoms with van der Waals surface area (Å²) in [7, 11) is 1.33. The number of carbonyl (C=O) groups excluding carboxylic acids is 2. The van der Waals surface area contributed by atoms with Crippen molar-refractivity contribution in [2.75, 3.05) is 17.7 Å². The number of para-hydroxylation sites is 1. The third kappa shape index (κ3) is 2.79. The lowest BCUT2D eigenvalue weighted by atomic mass is 10.1. The molecule has 0 fully saturated rings. The molecule has 1 heterocycles. The number of fused-ring (bicyclic) bond motifs is 1. The van der Waals surface area contributed by atoms with Crippen LogP contribution in [0.1, 0.15) is 15.9 Å². The van der Waals surface area contributed by atoms with Gasteiger partial charge in [-0.3, -0.25) is 4.79 Å². The number of ether oxygens (including phenoxy) is 1. The summed E-state index contributed by atoms with van der Waals surface area (Å²) in [6, 6.07) is 14.2. The molecule has 0 bridgehead atoms. The lowest BCUT2D eigenvalue weighted by Gasteiger charge is -2.12. The Morgan fingerprint density at radius 3 is 2.55 bits per heavy atom. The van der Waals surface area contributed by atoms with Crippen LogP contribution >= 0.6 is 0 Å². The van der Waals surface area contributed by atoms with Crippen molar-refractivity contribution in [3.8, 4) is 0 Å². The lowest BCUT2D eigenvalue weighted by molar-refractivity contribution is -0.116. The molecule has 1 aliphatic heterocycles. The molecule has 5 nitrogen and oxygen atoms in total. The summed E-state index contributed by atoms with van der Waals surface area (Å²) < 4.78 is 4.64. The minimum absolute atomic E-state index is 0.0954. The van der Waals surface area contributed by atoms with Crippen LogP contribution in [-0.2, 0) is 16.0 Å². The average Bonchev–Trinajstić information content (AvgIpc) is 2.99. The highest BCUT2D eigenvalue weighted by Crippen LogP contribution is 2.25. The minimum atomic E-state index is -0.397. The number of carbonyl (C=O) groups is 2. The number of esters is 1. The molecule has 1 aliphatic rings. The SMILES string of the molecule is COC(=O)c1ccc(NC(=O)C2Cc3ccccc3N2)cc1. The van der Waals surface area contributed by atoms with Crippen molar-refractivity contribution in [3.05, 3.63) is 59.7 Å². The zero-order chi connectivity index (χ0) is 15.5. The maximum Gasteiger partial charge on any atom is 0.337 e. The molecule has 0 radical (unpaired) electrons. The number of benzene rings is 2. The van der Waals surface area contributed by atoms with Crippen molar-refractivity contribution < 1.29 is 14.3 Å². The van der Waals surface area contributed by atoms with E-state index in [1.165, 1.54) is 7.11 Å². The summed E-state index contributed by atoms with van der Waals surface area (Å²) in [6.45, 7) is 0. The van der Waals surface area contributed by atoms with Gasteiger partial charge in [0.2, 0.25) is 5.91 Å². The monoisotopic (exact) mass is 296 g/mol. The van der Waals surface area contributed by atoms with Crippen LogP contribution in [0.5, 0.6) is 0 Å². The molecule has 3 rings (SSSR count). The Labute approximate surface area is 128 Å². The molecule has 5 heteroatoms. The first-order valence-corrected chi connectivity index (χ1v) is 7.01. The Bertz CT molecular complexity index is 685. The van der Waals surface area contributed by atoms with Gasteiger partial charge in [0.25, 0.3) is 0 Å². The quantitative estimate of drug-likeness (QED) is 0.854. The van der Waals surface area contributed by atoms with Gasteiger partial charge in [-0.2, -0.15) is 0 Å². The van der Waals surface area contributed by atoms with Gasteiger partial charge in [0, 0.05) is 17.8 Å². The van der Waals surface area contributed by atoms with Crippen molar-refractivity contribution in [2.24, 2.45) is 0 Å². The number of hydrogen-bond donors (Lipinski definition) is 2. The summed E-state index contributed by atoms with van der Waals surface area (Å²) in [5.41, 5.74) is 3.25. The van der Waals surface area contributed by atoms with Crippen LogP contribution in [-0.4, -0.2) is 25.0 Å². The fourth-order valence-electron chi connectivity index (χ4n) is 2.49. The Morgan fingerprint density at radius 1 is 1.14 bits per heavy atom. The summed E-state index contributed by atoms with van der Waals surface area (Å²) in [4.78, 5) is 23.7. The summed E-state index contributed by atoms with van der Waals surface area (Å²) in [5, 5.41) is 6.06. The smallest absolute Gasteiger partial charge is 0.337 e. The highest BCUT2D eigenvalue weighted by atomic mass is 16.5. The molecule has 112 valence electrons. The highest BCUT2D eigenvalue weighted by Gasteiger charge is 2.26. The van der Waals surface area contributed by atoms with Crippen LogP contribution in [0.25, 0.3) is 0 Å². The standard InChI is InChI=1S/C17H16N2O3/c1-22-17(21)11-6-8-13(9-7-11)18-16(20)15-10-12-4-2-3-5-14(12)19-15/h2-9,15,19H,10H2,1H3,(H,18,20). The van der Waals surface area contributed by atoms with Crippen LogP contribution in [0, 0.1) is 0 Å². The van der Waals surface area contributed by atoms with Crippen LogP contribution in [0.15, 0.2) is 48.5 Å². The molecule has 2 aromatic carbocycles. The van der Waals surface area contributed by atoms with Crippen LogP contribution in [0.3, 0.4) is 0 Å². The van der Waals surface area contributed by atoms with E-state index in [9.17, 15) is 9.59 Å². The third-order valence-corrected chi connectivity index (χ3v) is 3.66. The Hall–Kier alpha value is -2.82. The van der Waals surface area contributed by atoms with Crippen molar-refractivity contribution in [1.82, 2.24) is 0 Å². The number of methoxy groups -OCH3 is 1. The molecule has 0 aliphatic carbocycles. The highest BCUT2D eigenvalue weighted by molar-refractivity contribution is 5.98. The van der Waals surface area contributed by atoms with E-state index in [2.05, 4.69) is 15.4 Å². The fraction of sp³-hybridized carbons (Fsp3) is 0.176. The molecule has 0 aromatic heterocycles. The van der Waals surface area contributed by atoms with Gasteiger partial charge in [-0.15, -0.1) is 0 Å². The minimum Gasteiger partial charge on any atom is -0.465 e. The Balaban J connectivity index is 1.64. The molecule has 1 amide bonds. The molecule has 0 spiro atoms. The Kier molecular flexibility index (Phi) is 3.78. The number of rotatable bonds is 3. The zero-order valence-corrected chi connectivity index (χ0v) is 12.1. The second-order valence-corrected chi connectivity index (χ2v) is 5.12. The summed E-state index contributed by atoms with van der Waals surface area (Å²) in [6.07, 6.45) is 0.669. The first-order valence-electron chi connectivity index (χ1n) is 7.01. The molecule has 0 saturated carbocycles. The Morgan fingerprint density at radius 2 is 1.86 bits per heavy atom. The van der Waals surface area contributed by atoms with Gasteiger partial charge in [-0.1, -0.05) is 18.2 Å². The first kappa shape index (κ1) is 14.1. The van der Waals surface area contributed by atoms with E-state index in [1.54, 1.807) is 24.3 Å². The average molecular weight is 296 g/mol. The maximum atomic E-state index is 12.3. The zero-order valence-electron chi connectivity index (χ0n) is 12.1. The summed E-state index contributed by atoms with van der Waals surface area (Å²) >= 11 is 0. The van der Waals surface area contributed by atoms with Crippen LogP contribution in [0.4, 0.5) is 11.4 Å². The number of hydrogen-bond acceptors (Lipinski definition) is 4. The van der Waals surface area contributed by atoms with E-state index in [-0.39, 0.29) is 11.9 Å². The topological polar surface area (TPSA) is 67.4 Å². The maximum absolute atomic E-state index is 12.3. The largest absolute Gasteiger partial charge is 0.465 e. The van der Waals surface area contributed by atoms with Crippen molar-refractivity contribution in [3.63, 3.8) is 0 Å². The van der Waals surface area contributed by atoms with E-state index < -0.39 is 5.97 Å². The van der Waals surface area contributed by atoms with Gasteiger partial charge in [0.05, 0.1) is 12.7 Å². The fourth-order valence-corrected chi connectivity index (χ4v) is 2.49. The van der Waals surface area contributed by atoms with Crippen molar-refractivity contribution >= 4 is 23.3 Å². The van der Waals surface area contributed by atoms with Crippen molar-refractivity contribution in [2.45, 2.75) is 12.5 Å². The molecular weight excluding hydrogens is 280 g/mol.